The van der Waals surface area contributed by atoms with Crippen LogP contribution in [0.1, 0.15) is 17.2 Å². The molecular formula is C24H24ClNO6S. The van der Waals surface area contributed by atoms with E-state index in [9.17, 15) is 18.3 Å². The first kappa shape index (κ1) is 24.7. The second kappa shape index (κ2) is 11.3. The van der Waals surface area contributed by atoms with Gasteiger partial charge in [0.05, 0.1) is 15.9 Å². The molecule has 0 spiro atoms. The van der Waals surface area contributed by atoms with E-state index in [0.29, 0.717) is 24.5 Å². The summed E-state index contributed by atoms with van der Waals surface area (Å²) in [6, 6.07) is 19.4. The monoisotopic (exact) mass is 489 g/mol. The van der Waals surface area contributed by atoms with Crippen LogP contribution in [-0.4, -0.2) is 44.3 Å². The number of halogens is 1. The van der Waals surface area contributed by atoms with E-state index in [1.807, 2.05) is 6.07 Å². The Balaban J connectivity index is 1.56. The van der Waals surface area contributed by atoms with Gasteiger partial charge in [0.1, 0.15) is 5.75 Å². The van der Waals surface area contributed by atoms with Crippen LogP contribution in [-0.2, 0) is 21.1 Å². The van der Waals surface area contributed by atoms with Crippen molar-refractivity contribution in [2.75, 3.05) is 19.7 Å². The fourth-order valence-electron chi connectivity index (χ4n) is 3.15. The van der Waals surface area contributed by atoms with Gasteiger partial charge < -0.3 is 20.3 Å². The first-order valence-electron chi connectivity index (χ1n) is 10.2. The van der Waals surface area contributed by atoms with Crippen molar-refractivity contribution >= 4 is 27.4 Å². The first-order valence-corrected chi connectivity index (χ1v) is 12.0. The number of carbonyl (C=O) groups is 1. The fraction of sp³-hybridized carbons (Fsp3) is 0.208. The maximum absolute atomic E-state index is 12.9. The summed E-state index contributed by atoms with van der Waals surface area (Å²) in [6.45, 7) is 0.419. The van der Waals surface area contributed by atoms with Gasteiger partial charge in [0.2, 0.25) is 9.84 Å². The van der Waals surface area contributed by atoms with Crippen molar-refractivity contribution < 1.29 is 28.2 Å². The number of aliphatic hydroxyl groups excluding tert-OH is 1. The highest BCUT2D eigenvalue weighted by Gasteiger charge is 2.18. The van der Waals surface area contributed by atoms with Gasteiger partial charge in [-0.25, -0.2) is 13.2 Å². The number of carboxylic acids is 1. The minimum absolute atomic E-state index is 0.0230. The lowest BCUT2D eigenvalue weighted by atomic mass is 10.1. The zero-order valence-corrected chi connectivity index (χ0v) is 19.2. The fourth-order valence-corrected chi connectivity index (χ4v) is 4.65. The third-order valence-electron chi connectivity index (χ3n) is 4.87. The molecule has 0 fully saturated rings. The van der Waals surface area contributed by atoms with Gasteiger partial charge in [0, 0.05) is 11.6 Å². The lowest BCUT2D eigenvalue weighted by Crippen LogP contribution is -2.23. The molecule has 3 aromatic carbocycles. The van der Waals surface area contributed by atoms with Crippen molar-refractivity contribution in [3.63, 3.8) is 0 Å². The lowest BCUT2D eigenvalue weighted by Gasteiger charge is -2.13. The number of aliphatic carboxylic acids is 1. The number of sulfone groups is 1. The molecule has 33 heavy (non-hydrogen) atoms. The quantitative estimate of drug-likeness (QED) is 0.353. The van der Waals surface area contributed by atoms with E-state index in [1.165, 1.54) is 36.4 Å². The van der Waals surface area contributed by atoms with Crippen molar-refractivity contribution in [1.29, 1.82) is 0 Å². The molecule has 7 nitrogen and oxygen atoms in total. The number of aliphatic hydroxyl groups is 1. The SMILES string of the molecule is O=C(O)COc1cccc(S(=O)(=O)c2ccc(CCNC[C@@H](O)c3cccc(Cl)c3)cc2)c1. The van der Waals surface area contributed by atoms with Gasteiger partial charge in [0.25, 0.3) is 0 Å². The minimum Gasteiger partial charge on any atom is -0.482 e. The van der Waals surface area contributed by atoms with Gasteiger partial charge in [-0.15, -0.1) is 0 Å². The average Bonchev–Trinajstić information content (AvgIpc) is 2.81. The van der Waals surface area contributed by atoms with Crippen LogP contribution in [0.3, 0.4) is 0 Å². The van der Waals surface area contributed by atoms with E-state index in [-0.39, 0.29) is 15.5 Å². The van der Waals surface area contributed by atoms with Crippen LogP contribution in [0, 0.1) is 0 Å². The molecule has 0 unspecified atom stereocenters. The predicted molar refractivity (Wildman–Crippen MR) is 124 cm³/mol. The molecule has 0 bridgehead atoms. The maximum Gasteiger partial charge on any atom is 0.341 e. The van der Waals surface area contributed by atoms with Crippen molar-refractivity contribution in [3.05, 3.63) is 88.9 Å². The Morgan fingerprint density at radius 3 is 2.42 bits per heavy atom. The number of carboxylic acid groups (broad SMARTS) is 1. The van der Waals surface area contributed by atoms with Crippen molar-refractivity contribution in [1.82, 2.24) is 5.32 Å². The Labute approximate surface area is 197 Å². The molecule has 3 aromatic rings. The van der Waals surface area contributed by atoms with Gasteiger partial charge in [0.15, 0.2) is 6.61 Å². The number of rotatable bonds is 11. The third-order valence-corrected chi connectivity index (χ3v) is 6.88. The summed E-state index contributed by atoms with van der Waals surface area (Å²) in [5, 5.41) is 22.7. The Kier molecular flexibility index (Phi) is 8.46. The molecule has 9 heteroatoms. The number of nitrogens with one attached hydrogen (secondary N) is 1. The third kappa shape index (κ3) is 7.03. The highest BCUT2D eigenvalue weighted by molar-refractivity contribution is 7.91. The highest BCUT2D eigenvalue weighted by Crippen LogP contribution is 2.25. The van der Waals surface area contributed by atoms with Gasteiger partial charge >= 0.3 is 5.97 Å². The van der Waals surface area contributed by atoms with Crippen LogP contribution in [0.5, 0.6) is 5.75 Å². The summed E-state index contributed by atoms with van der Waals surface area (Å²) in [5.74, 6) is -0.978. The molecule has 3 N–H and O–H groups in total. The highest BCUT2D eigenvalue weighted by atomic mass is 35.5. The first-order chi connectivity index (χ1) is 15.8. The summed E-state index contributed by atoms with van der Waals surface area (Å²) in [6.07, 6.45) is -0.0207. The van der Waals surface area contributed by atoms with E-state index in [1.54, 1.807) is 30.3 Å². The van der Waals surface area contributed by atoms with Gasteiger partial charge in [-0.2, -0.15) is 0 Å². The van der Waals surface area contributed by atoms with E-state index < -0.39 is 28.5 Å². The largest absolute Gasteiger partial charge is 0.482 e. The van der Waals surface area contributed by atoms with Crippen LogP contribution in [0.15, 0.2) is 82.6 Å². The molecule has 0 radical (unpaired) electrons. The van der Waals surface area contributed by atoms with Crippen molar-refractivity contribution in [2.24, 2.45) is 0 Å². The Morgan fingerprint density at radius 2 is 1.73 bits per heavy atom. The van der Waals surface area contributed by atoms with E-state index in [4.69, 9.17) is 21.4 Å². The number of benzene rings is 3. The zero-order chi connectivity index (χ0) is 23.8. The summed E-state index contributed by atoms with van der Waals surface area (Å²) in [7, 11) is -3.77. The summed E-state index contributed by atoms with van der Waals surface area (Å²) in [5.41, 5.74) is 1.68. The van der Waals surface area contributed by atoms with Crippen LogP contribution in [0.4, 0.5) is 0 Å². The van der Waals surface area contributed by atoms with E-state index >= 15 is 0 Å². The minimum atomic E-state index is -3.77. The molecule has 0 saturated heterocycles. The maximum atomic E-state index is 12.9. The normalized spacial score (nSPS) is 12.3. The number of ether oxygens (including phenoxy) is 1. The van der Waals surface area contributed by atoms with Crippen molar-refractivity contribution in [2.45, 2.75) is 22.3 Å². The lowest BCUT2D eigenvalue weighted by molar-refractivity contribution is -0.139. The molecule has 3 rings (SSSR count). The Bertz CT molecular complexity index is 1200. The Morgan fingerprint density at radius 1 is 1.00 bits per heavy atom. The molecule has 0 heterocycles. The molecule has 0 saturated carbocycles. The molecule has 0 aliphatic rings. The molecule has 174 valence electrons. The van der Waals surface area contributed by atoms with Gasteiger partial charge in [-0.05, 0) is 66.6 Å². The van der Waals surface area contributed by atoms with Crippen molar-refractivity contribution in [3.8, 4) is 5.75 Å². The van der Waals surface area contributed by atoms with E-state index in [2.05, 4.69) is 5.32 Å². The average molecular weight is 490 g/mol. The molecule has 0 aliphatic carbocycles. The van der Waals surface area contributed by atoms with Gasteiger partial charge in [-0.1, -0.05) is 41.9 Å². The predicted octanol–water partition coefficient (Wildman–Crippen LogP) is 3.50. The zero-order valence-electron chi connectivity index (χ0n) is 17.6. The Hall–Kier alpha value is -2.91. The molecule has 1 atom stereocenters. The van der Waals surface area contributed by atoms with E-state index in [0.717, 1.165) is 11.1 Å². The van der Waals surface area contributed by atoms with Crippen LogP contribution in [0.2, 0.25) is 5.02 Å². The summed E-state index contributed by atoms with van der Waals surface area (Å²) < 4.78 is 30.9. The standard InChI is InChI=1S/C24H24ClNO6S/c25-19-4-1-3-18(13-19)23(27)15-26-12-11-17-7-9-21(10-8-17)33(30,31)22-6-2-5-20(14-22)32-16-24(28)29/h1-10,13-14,23,26-27H,11-12,15-16H2,(H,28,29)/t23-/m1/s1. The second-order valence-corrected chi connectivity index (χ2v) is 9.72. The number of hydrogen-bond acceptors (Lipinski definition) is 6. The summed E-state index contributed by atoms with van der Waals surface area (Å²) >= 11 is 5.95. The smallest absolute Gasteiger partial charge is 0.341 e. The molecular weight excluding hydrogens is 466 g/mol. The number of hydrogen-bond donors (Lipinski definition) is 3. The van der Waals surface area contributed by atoms with Crippen LogP contribution < -0.4 is 10.1 Å². The molecule has 0 aliphatic heterocycles. The van der Waals surface area contributed by atoms with Crippen LogP contribution in [0.25, 0.3) is 0 Å². The summed E-state index contributed by atoms with van der Waals surface area (Å²) in [4.78, 5) is 10.8. The van der Waals surface area contributed by atoms with Gasteiger partial charge in [-0.3, -0.25) is 0 Å². The molecule has 0 aromatic heterocycles. The molecule has 0 amide bonds. The van der Waals surface area contributed by atoms with Crippen LogP contribution >= 0.6 is 11.6 Å². The topological polar surface area (TPSA) is 113 Å². The second-order valence-electron chi connectivity index (χ2n) is 7.33.